The Morgan fingerprint density at radius 1 is 1.05 bits per heavy atom. The van der Waals surface area contributed by atoms with Crippen molar-refractivity contribution in [1.82, 2.24) is 0 Å². The minimum absolute atomic E-state index is 0.493. The molecule has 4 heteroatoms. The van der Waals surface area contributed by atoms with Crippen molar-refractivity contribution in [1.29, 1.82) is 0 Å². The second kappa shape index (κ2) is 7.15. The third kappa shape index (κ3) is 4.12. The van der Waals surface area contributed by atoms with E-state index in [0.717, 1.165) is 26.9 Å². The quantitative estimate of drug-likeness (QED) is 0.461. The van der Waals surface area contributed by atoms with Crippen LogP contribution in [0.4, 0.5) is 0 Å². The third-order valence-electron chi connectivity index (χ3n) is 3.02. The molecule has 2 rings (SSSR count). The molecule has 0 aliphatic rings. The predicted molar refractivity (Wildman–Crippen MR) is 89.1 cm³/mol. The Kier molecular flexibility index (Phi) is 5.24. The second-order valence-corrected chi connectivity index (χ2v) is 5.53. The van der Waals surface area contributed by atoms with E-state index in [0.29, 0.717) is 5.75 Å². The highest BCUT2D eigenvalue weighted by Crippen LogP contribution is 2.26. The molecule has 0 aromatic heterocycles. The molecule has 0 saturated carbocycles. The zero-order valence-corrected chi connectivity index (χ0v) is 14.2. The van der Waals surface area contributed by atoms with Gasteiger partial charge in [0.1, 0.15) is 11.5 Å². The van der Waals surface area contributed by atoms with Crippen LogP contribution in [-0.2, 0) is 4.79 Å². The number of carbonyl (C=O) groups excluding carboxylic acids is 1. The molecule has 0 radical (unpaired) electrons. The summed E-state index contributed by atoms with van der Waals surface area (Å²) in [6.07, 6.45) is 0. The fraction of sp³-hybridized carbons (Fsp3) is 0.167. The van der Waals surface area contributed by atoms with Crippen molar-refractivity contribution >= 4 is 21.9 Å². The van der Waals surface area contributed by atoms with Gasteiger partial charge in [-0.1, -0.05) is 21.9 Å². The number of methoxy groups -OCH3 is 1. The number of ether oxygens (including phenoxy) is 2. The number of esters is 1. The molecule has 3 nitrogen and oxygen atoms in total. The van der Waals surface area contributed by atoms with Crippen molar-refractivity contribution in [3.05, 3.63) is 57.6 Å². The monoisotopic (exact) mass is 358 g/mol. The minimum atomic E-state index is -0.586. The van der Waals surface area contributed by atoms with Crippen LogP contribution in [0.3, 0.4) is 0 Å². The fourth-order valence-corrected chi connectivity index (χ4v) is 2.12. The summed E-state index contributed by atoms with van der Waals surface area (Å²) in [4.78, 5) is 11.8. The number of hydrogen-bond acceptors (Lipinski definition) is 3. The molecule has 0 spiro atoms. The third-order valence-corrected chi connectivity index (χ3v) is 4.27. The SMILES string of the molecule is COc1ccc(C#CC(=O)Oc2cc(C)c(Br)c(C)c2)cc1. The van der Waals surface area contributed by atoms with E-state index in [9.17, 15) is 4.79 Å². The van der Waals surface area contributed by atoms with Gasteiger partial charge in [-0.05, 0) is 61.4 Å². The van der Waals surface area contributed by atoms with Crippen LogP contribution in [0.15, 0.2) is 40.9 Å². The standard InChI is InChI=1S/C18H15BrO3/c1-12-10-16(11-13(2)18(12)19)22-17(20)9-6-14-4-7-15(21-3)8-5-14/h4-5,7-8,10-11H,1-3H3. The maximum absolute atomic E-state index is 11.8. The van der Waals surface area contributed by atoms with Gasteiger partial charge in [0.15, 0.2) is 0 Å². The molecular weight excluding hydrogens is 344 g/mol. The van der Waals surface area contributed by atoms with Crippen LogP contribution in [-0.4, -0.2) is 13.1 Å². The van der Waals surface area contributed by atoms with E-state index in [1.165, 1.54) is 0 Å². The smallest absolute Gasteiger partial charge is 0.390 e. The Morgan fingerprint density at radius 3 is 2.18 bits per heavy atom. The second-order valence-electron chi connectivity index (χ2n) is 4.74. The van der Waals surface area contributed by atoms with Crippen molar-refractivity contribution in [2.45, 2.75) is 13.8 Å². The number of aryl methyl sites for hydroxylation is 2. The normalized spacial score (nSPS) is 9.64. The number of carbonyl (C=O) groups is 1. The topological polar surface area (TPSA) is 35.5 Å². The molecule has 0 N–H and O–H groups in total. The van der Waals surface area contributed by atoms with E-state index >= 15 is 0 Å². The fourth-order valence-electron chi connectivity index (χ4n) is 1.90. The average Bonchev–Trinajstić information content (AvgIpc) is 2.51. The van der Waals surface area contributed by atoms with E-state index in [-0.39, 0.29) is 0 Å². The van der Waals surface area contributed by atoms with Crippen LogP contribution >= 0.6 is 15.9 Å². The van der Waals surface area contributed by atoms with E-state index in [4.69, 9.17) is 9.47 Å². The molecule has 0 fully saturated rings. The molecule has 0 bridgehead atoms. The van der Waals surface area contributed by atoms with Crippen molar-refractivity contribution < 1.29 is 14.3 Å². The molecule has 0 saturated heterocycles. The van der Waals surface area contributed by atoms with Gasteiger partial charge < -0.3 is 9.47 Å². The van der Waals surface area contributed by atoms with Crippen molar-refractivity contribution in [3.8, 4) is 23.3 Å². The predicted octanol–water partition coefficient (Wildman–Crippen LogP) is 4.03. The molecule has 0 aliphatic heterocycles. The van der Waals surface area contributed by atoms with Crippen molar-refractivity contribution in [3.63, 3.8) is 0 Å². The summed E-state index contributed by atoms with van der Waals surface area (Å²) in [6.45, 7) is 3.88. The zero-order valence-electron chi connectivity index (χ0n) is 12.6. The van der Waals surface area contributed by atoms with Gasteiger partial charge in [0, 0.05) is 16.0 Å². The van der Waals surface area contributed by atoms with E-state index in [2.05, 4.69) is 27.8 Å². The molecule has 0 unspecified atom stereocenters. The van der Waals surface area contributed by atoms with Gasteiger partial charge in [-0.2, -0.15) is 0 Å². The number of benzene rings is 2. The summed E-state index contributed by atoms with van der Waals surface area (Å²) in [5.74, 6) is 5.89. The molecule has 0 amide bonds. The van der Waals surface area contributed by atoms with Crippen molar-refractivity contribution in [2.24, 2.45) is 0 Å². The minimum Gasteiger partial charge on any atom is -0.497 e. The van der Waals surface area contributed by atoms with Gasteiger partial charge in [-0.3, -0.25) is 0 Å². The first-order valence-electron chi connectivity index (χ1n) is 6.64. The lowest BCUT2D eigenvalue weighted by Gasteiger charge is -2.06. The molecule has 0 aliphatic carbocycles. The van der Waals surface area contributed by atoms with Crippen LogP contribution in [0.2, 0.25) is 0 Å². The van der Waals surface area contributed by atoms with E-state index in [1.807, 2.05) is 13.8 Å². The summed E-state index contributed by atoms with van der Waals surface area (Å²) < 4.78 is 11.3. The molecule has 2 aromatic carbocycles. The Labute approximate surface area is 138 Å². The Morgan fingerprint density at radius 2 is 1.64 bits per heavy atom. The molecule has 0 heterocycles. The summed E-state index contributed by atoms with van der Waals surface area (Å²) >= 11 is 3.47. The van der Waals surface area contributed by atoms with Gasteiger partial charge >= 0.3 is 5.97 Å². The average molecular weight is 359 g/mol. The van der Waals surface area contributed by atoms with Crippen LogP contribution < -0.4 is 9.47 Å². The number of rotatable bonds is 2. The molecule has 0 atom stereocenters. The van der Waals surface area contributed by atoms with Crippen LogP contribution in [0.1, 0.15) is 16.7 Å². The first kappa shape index (κ1) is 16.1. The maximum atomic E-state index is 11.8. The van der Waals surface area contributed by atoms with E-state index < -0.39 is 5.97 Å². The van der Waals surface area contributed by atoms with Crippen molar-refractivity contribution in [2.75, 3.05) is 7.11 Å². The lowest BCUT2D eigenvalue weighted by Crippen LogP contribution is -2.05. The van der Waals surface area contributed by atoms with Gasteiger partial charge in [-0.25, -0.2) is 4.79 Å². The molecule has 22 heavy (non-hydrogen) atoms. The maximum Gasteiger partial charge on any atom is 0.390 e. The van der Waals surface area contributed by atoms with E-state index in [1.54, 1.807) is 43.5 Å². The molecule has 2 aromatic rings. The number of hydrogen-bond donors (Lipinski definition) is 0. The summed E-state index contributed by atoms with van der Waals surface area (Å²) in [7, 11) is 1.60. The Bertz CT molecular complexity index is 729. The highest BCUT2D eigenvalue weighted by molar-refractivity contribution is 9.10. The van der Waals surface area contributed by atoms with Gasteiger partial charge in [0.25, 0.3) is 0 Å². The van der Waals surface area contributed by atoms with Gasteiger partial charge in [0.2, 0.25) is 0 Å². The summed E-state index contributed by atoms with van der Waals surface area (Å²) in [5.41, 5.74) is 2.73. The Balaban J connectivity index is 2.08. The van der Waals surface area contributed by atoms with Crippen LogP contribution in [0, 0.1) is 25.7 Å². The van der Waals surface area contributed by atoms with Gasteiger partial charge in [0.05, 0.1) is 7.11 Å². The highest BCUT2D eigenvalue weighted by atomic mass is 79.9. The Hall–Kier alpha value is -2.25. The molecular formula is C18H15BrO3. The zero-order chi connectivity index (χ0) is 16.1. The number of halogens is 1. The van der Waals surface area contributed by atoms with Crippen LogP contribution in [0.5, 0.6) is 11.5 Å². The summed E-state index contributed by atoms with van der Waals surface area (Å²) in [5, 5.41) is 0. The highest BCUT2D eigenvalue weighted by Gasteiger charge is 2.06. The first-order valence-corrected chi connectivity index (χ1v) is 7.43. The molecule has 112 valence electrons. The van der Waals surface area contributed by atoms with Crippen LogP contribution in [0.25, 0.3) is 0 Å². The lowest BCUT2D eigenvalue weighted by atomic mass is 10.1. The summed E-state index contributed by atoms with van der Waals surface area (Å²) in [6, 6.07) is 10.7. The first-order chi connectivity index (χ1) is 10.5. The van der Waals surface area contributed by atoms with Gasteiger partial charge in [-0.15, -0.1) is 0 Å². The lowest BCUT2D eigenvalue weighted by molar-refractivity contribution is -0.128. The largest absolute Gasteiger partial charge is 0.497 e.